The number of hydrogen-bond acceptors (Lipinski definition) is 6. The minimum atomic E-state index is -4.03. The van der Waals surface area contributed by atoms with Crippen molar-refractivity contribution in [3.63, 3.8) is 0 Å². The van der Waals surface area contributed by atoms with E-state index in [0.29, 0.717) is 23.6 Å². The topological polar surface area (TPSA) is 94.2 Å². The van der Waals surface area contributed by atoms with E-state index in [1.54, 1.807) is 24.3 Å². The molecule has 0 radical (unpaired) electrons. The molecule has 0 aliphatic rings. The van der Waals surface area contributed by atoms with E-state index >= 15 is 0 Å². The fourth-order valence-corrected chi connectivity index (χ4v) is 4.82. The number of carbonyl (C=O) groups is 1. The maximum absolute atomic E-state index is 13.6. The van der Waals surface area contributed by atoms with Gasteiger partial charge in [-0.05, 0) is 36.2 Å². The summed E-state index contributed by atoms with van der Waals surface area (Å²) >= 11 is 0. The zero-order valence-electron chi connectivity index (χ0n) is 19.4. The lowest BCUT2D eigenvalue weighted by molar-refractivity contribution is -0.116. The van der Waals surface area contributed by atoms with Crippen molar-refractivity contribution >= 4 is 21.6 Å². The third-order valence-electron chi connectivity index (χ3n) is 5.19. The number of hydrogen-bond donors (Lipinski definition) is 1. The minimum absolute atomic E-state index is 0.00306. The van der Waals surface area contributed by atoms with Gasteiger partial charge in [0.25, 0.3) is 0 Å². The normalized spacial score (nSPS) is 11.2. The molecule has 0 saturated carbocycles. The lowest BCUT2D eigenvalue weighted by atomic mass is 10.1. The molecule has 0 aromatic heterocycles. The zero-order valence-corrected chi connectivity index (χ0v) is 20.2. The molecule has 0 heterocycles. The van der Waals surface area contributed by atoms with E-state index in [-0.39, 0.29) is 23.7 Å². The van der Waals surface area contributed by atoms with E-state index in [0.717, 1.165) is 9.87 Å². The van der Waals surface area contributed by atoms with E-state index in [1.807, 2.05) is 30.3 Å². The number of nitrogens with zero attached hydrogens (tertiary/aromatic N) is 1. The number of para-hydroxylation sites is 2. The van der Waals surface area contributed by atoms with Gasteiger partial charge < -0.3 is 19.5 Å². The summed E-state index contributed by atoms with van der Waals surface area (Å²) in [6.45, 7) is -0.262. The Kier molecular flexibility index (Phi) is 8.50. The van der Waals surface area contributed by atoms with E-state index in [4.69, 9.17) is 14.2 Å². The van der Waals surface area contributed by atoms with Crippen molar-refractivity contribution in [2.24, 2.45) is 0 Å². The van der Waals surface area contributed by atoms with Crippen LogP contribution in [0.3, 0.4) is 0 Å². The van der Waals surface area contributed by atoms with Crippen molar-refractivity contribution in [3.05, 3.63) is 78.4 Å². The molecule has 0 saturated heterocycles. The molecule has 0 aliphatic heterocycles. The van der Waals surface area contributed by atoms with Gasteiger partial charge in [-0.15, -0.1) is 0 Å². The third kappa shape index (κ3) is 6.06. The van der Waals surface area contributed by atoms with E-state index in [9.17, 15) is 13.2 Å². The zero-order chi connectivity index (χ0) is 24.6. The van der Waals surface area contributed by atoms with Gasteiger partial charge >= 0.3 is 0 Å². The summed E-state index contributed by atoms with van der Waals surface area (Å²) < 4.78 is 44.0. The first kappa shape index (κ1) is 25.1. The third-order valence-corrected chi connectivity index (χ3v) is 7.03. The number of sulfonamides is 1. The van der Waals surface area contributed by atoms with Crippen LogP contribution in [0.4, 0.5) is 5.69 Å². The first-order chi connectivity index (χ1) is 16.4. The van der Waals surface area contributed by atoms with Crippen molar-refractivity contribution < 1.29 is 27.4 Å². The van der Waals surface area contributed by atoms with Gasteiger partial charge in [0.2, 0.25) is 15.9 Å². The molecular weight excluding hydrogens is 456 g/mol. The van der Waals surface area contributed by atoms with E-state index in [2.05, 4.69) is 5.32 Å². The number of nitrogens with one attached hydrogen (secondary N) is 1. The van der Waals surface area contributed by atoms with Crippen LogP contribution in [0.1, 0.15) is 5.56 Å². The van der Waals surface area contributed by atoms with Crippen molar-refractivity contribution in [2.75, 3.05) is 39.7 Å². The summed E-state index contributed by atoms with van der Waals surface area (Å²) in [4.78, 5) is 12.9. The van der Waals surface area contributed by atoms with Crippen LogP contribution in [0.2, 0.25) is 0 Å². The molecule has 1 amide bonds. The van der Waals surface area contributed by atoms with Gasteiger partial charge in [0, 0.05) is 12.6 Å². The van der Waals surface area contributed by atoms with Gasteiger partial charge in [0.15, 0.2) is 11.5 Å². The van der Waals surface area contributed by atoms with Crippen LogP contribution in [0.15, 0.2) is 77.7 Å². The summed E-state index contributed by atoms with van der Waals surface area (Å²) in [6, 6.07) is 20.8. The second kappa shape index (κ2) is 11.5. The number of anilines is 1. The van der Waals surface area contributed by atoms with Crippen LogP contribution in [0.25, 0.3) is 0 Å². The Morgan fingerprint density at radius 2 is 1.47 bits per heavy atom. The Morgan fingerprint density at radius 3 is 2.15 bits per heavy atom. The molecule has 9 heteroatoms. The lowest BCUT2D eigenvalue weighted by Gasteiger charge is -2.23. The second-order valence-corrected chi connectivity index (χ2v) is 9.28. The Hall–Kier alpha value is -3.56. The van der Waals surface area contributed by atoms with Gasteiger partial charge in [-0.3, -0.25) is 4.79 Å². The number of rotatable bonds is 11. The van der Waals surface area contributed by atoms with Crippen LogP contribution in [0, 0.1) is 0 Å². The van der Waals surface area contributed by atoms with Crippen LogP contribution in [-0.2, 0) is 21.2 Å². The second-order valence-electron chi connectivity index (χ2n) is 7.34. The number of amides is 1. The SMILES string of the molecule is COc1ccccc1NC(=O)CN(CCc1ccccc1)S(=O)(=O)c1ccc(OC)c(OC)c1. The summed E-state index contributed by atoms with van der Waals surface area (Å²) in [7, 11) is 0.378. The summed E-state index contributed by atoms with van der Waals surface area (Å²) in [5, 5.41) is 2.74. The molecule has 0 bridgehead atoms. The molecule has 8 nitrogen and oxygen atoms in total. The molecule has 3 rings (SSSR count). The predicted octanol–water partition coefficient (Wildman–Crippen LogP) is 3.58. The largest absolute Gasteiger partial charge is 0.495 e. The molecule has 180 valence electrons. The van der Waals surface area contributed by atoms with Crippen LogP contribution < -0.4 is 19.5 Å². The quantitative estimate of drug-likeness (QED) is 0.447. The predicted molar refractivity (Wildman–Crippen MR) is 130 cm³/mol. The molecule has 0 aliphatic carbocycles. The molecular formula is C25H28N2O6S. The molecule has 1 N–H and O–H groups in total. The Labute approximate surface area is 200 Å². The number of benzene rings is 3. The van der Waals surface area contributed by atoms with Crippen molar-refractivity contribution in [3.8, 4) is 17.2 Å². The van der Waals surface area contributed by atoms with Gasteiger partial charge in [0.05, 0.1) is 38.5 Å². The minimum Gasteiger partial charge on any atom is -0.495 e. The molecule has 0 atom stereocenters. The average molecular weight is 485 g/mol. The number of ether oxygens (including phenoxy) is 3. The first-order valence-electron chi connectivity index (χ1n) is 10.6. The smallest absolute Gasteiger partial charge is 0.243 e. The average Bonchev–Trinajstić information content (AvgIpc) is 2.86. The summed E-state index contributed by atoms with van der Waals surface area (Å²) in [6.07, 6.45) is 0.440. The monoisotopic (exact) mass is 484 g/mol. The van der Waals surface area contributed by atoms with Gasteiger partial charge in [0.1, 0.15) is 5.75 Å². The molecule has 0 unspecified atom stereocenters. The number of methoxy groups -OCH3 is 3. The van der Waals surface area contributed by atoms with Gasteiger partial charge in [-0.2, -0.15) is 4.31 Å². The highest BCUT2D eigenvalue weighted by atomic mass is 32.2. The fraction of sp³-hybridized carbons (Fsp3) is 0.240. The maximum Gasteiger partial charge on any atom is 0.243 e. The molecule has 0 fully saturated rings. The first-order valence-corrected chi connectivity index (χ1v) is 12.0. The molecule has 3 aromatic carbocycles. The summed E-state index contributed by atoms with van der Waals surface area (Å²) in [5.41, 5.74) is 1.42. The van der Waals surface area contributed by atoms with Crippen LogP contribution >= 0.6 is 0 Å². The highest BCUT2D eigenvalue weighted by Gasteiger charge is 2.28. The molecule has 0 spiro atoms. The Bertz CT molecular complexity index is 1220. The van der Waals surface area contributed by atoms with E-state index in [1.165, 1.54) is 39.5 Å². The maximum atomic E-state index is 13.6. The van der Waals surface area contributed by atoms with Crippen molar-refractivity contribution in [1.29, 1.82) is 0 Å². The number of carbonyl (C=O) groups excluding carboxylic acids is 1. The van der Waals surface area contributed by atoms with Gasteiger partial charge in [-0.1, -0.05) is 42.5 Å². The highest BCUT2D eigenvalue weighted by Crippen LogP contribution is 2.31. The Morgan fingerprint density at radius 1 is 0.824 bits per heavy atom. The Balaban J connectivity index is 1.88. The van der Waals surface area contributed by atoms with Crippen LogP contribution in [-0.4, -0.2) is 53.0 Å². The highest BCUT2D eigenvalue weighted by molar-refractivity contribution is 7.89. The van der Waals surface area contributed by atoms with E-state index < -0.39 is 15.9 Å². The van der Waals surface area contributed by atoms with Crippen molar-refractivity contribution in [1.82, 2.24) is 4.31 Å². The molecule has 3 aromatic rings. The van der Waals surface area contributed by atoms with Crippen LogP contribution in [0.5, 0.6) is 17.2 Å². The van der Waals surface area contributed by atoms with Crippen molar-refractivity contribution in [2.45, 2.75) is 11.3 Å². The fourth-order valence-electron chi connectivity index (χ4n) is 3.41. The van der Waals surface area contributed by atoms with Gasteiger partial charge in [-0.25, -0.2) is 8.42 Å². The lowest BCUT2D eigenvalue weighted by Crippen LogP contribution is -2.39. The summed E-state index contributed by atoms with van der Waals surface area (Å²) in [5.74, 6) is 0.687. The molecule has 34 heavy (non-hydrogen) atoms. The standard InChI is InChI=1S/C25H28N2O6S/c1-31-22-12-8-7-11-21(22)26-25(28)18-27(16-15-19-9-5-4-6-10-19)34(29,30)20-13-14-23(32-2)24(17-20)33-3/h4-14,17H,15-16,18H2,1-3H3,(H,26,28).